The molecule has 2 heterocycles. The molecule has 4 heteroatoms. The van der Waals surface area contributed by atoms with Crippen LogP contribution in [0.3, 0.4) is 0 Å². The van der Waals surface area contributed by atoms with Crippen LogP contribution in [0, 0.1) is 13.8 Å². The number of amides is 1. The molecule has 1 aromatic carbocycles. The van der Waals surface area contributed by atoms with E-state index in [-0.39, 0.29) is 12.5 Å². The molecule has 0 saturated heterocycles. The van der Waals surface area contributed by atoms with Crippen molar-refractivity contribution in [2.45, 2.75) is 13.8 Å². The third-order valence-electron chi connectivity index (χ3n) is 3.19. The zero-order valence-electron chi connectivity index (χ0n) is 10.9. The van der Waals surface area contributed by atoms with Gasteiger partial charge in [0.05, 0.1) is 11.4 Å². The molecule has 0 radical (unpaired) electrons. The molecule has 3 rings (SSSR count). The standard InChI is InChI=1S/C15H14N2OS/c1-9-13-14(10(2)19-9)17-12(18)8-16-15(13)11-6-4-3-5-7-11/h3-7H,8H2,1-2H3,(H,17,18). The number of nitrogens with zero attached hydrogens (tertiary/aromatic N) is 1. The van der Waals surface area contributed by atoms with Crippen LogP contribution in [0.25, 0.3) is 0 Å². The highest BCUT2D eigenvalue weighted by atomic mass is 32.1. The van der Waals surface area contributed by atoms with E-state index in [1.807, 2.05) is 37.3 Å². The van der Waals surface area contributed by atoms with Crippen LogP contribution in [0.15, 0.2) is 35.3 Å². The Balaban J connectivity index is 2.23. The van der Waals surface area contributed by atoms with Crippen LogP contribution in [0.4, 0.5) is 5.69 Å². The Labute approximate surface area is 116 Å². The van der Waals surface area contributed by atoms with Crippen molar-refractivity contribution in [3.63, 3.8) is 0 Å². The summed E-state index contributed by atoms with van der Waals surface area (Å²) in [7, 11) is 0. The molecule has 96 valence electrons. The summed E-state index contributed by atoms with van der Waals surface area (Å²) in [5.74, 6) is -0.0481. The van der Waals surface area contributed by atoms with Crippen molar-refractivity contribution in [3.8, 4) is 0 Å². The van der Waals surface area contributed by atoms with Crippen molar-refractivity contribution in [2.24, 2.45) is 4.99 Å². The number of hydrogen-bond donors (Lipinski definition) is 1. The van der Waals surface area contributed by atoms with E-state index in [2.05, 4.69) is 17.2 Å². The number of aryl methyl sites for hydroxylation is 2. The summed E-state index contributed by atoms with van der Waals surface area (Å²) in [5.41, 5.74) is 3.96. The summed E-state index contributed by atoms with van der Waals surface area (Å²) in [6.45, 7) is 4.29. The minimum Gasteiger partial charge on any atom is -0.323 e. The van der Waals surface area contributed by atoms with Gasteiger partial charge in [0.1, 0.15) is 6.54 Å². The van der Waals surface area contributed by atoms with E-state index in [1.54, 1.807) is 11.3 Å². The topological polar surface area (TPSA) is 41.5 Å². The largest absolute Gasteiger partial charge is 0.323 e. The van der Waals surface area contributed by atoms with E-state index >= 15 is 0 Å². The second-order valence-corrected chi connectivity index (χ2v) is 5.97. The molecule has 1 aromatic heterocycles. The maximum absolute atomic E-state index is 11.8. The zero-order chi connectivity index (χ0) is 13.4. The van der Waals surface area contributed by atoms with Gasteiger partial charge in [0.25, 0.3) is 0 Å². The normalized spacial score (nSPS) is 14.4. The molecule has 1 amide bonds. The van der Waals surface area contributed by atoms with E-state index in [9.17, 15) is 4.79 Å². The molecule has 0 atom stereocenters. The number of carbonyl (C=O) groups excluding carboxylic acids is 1. The zero-order valence-corrected chi connectivity index (χ0v) is 11.7. The first-order valence-corrected chi connectivity index (χ1v) is 6.98. The van der Waals surface area contributed by atoms with E-state index in [0.29, 0.717) is 0 Å². The van der Waals surface area contributed by atoms with Crippen LogP contribution in [0.5, 0.6) is 0 Å². The minimum absolute atomic E-state index is 0.0481. The van der Waals surface area contributed by atoms with Gasteiger partial charge in [-0.2, -0.15) is 0 Å². The van der Waals surface area contributed by atoms with Crippen molar-refractivity contribution in [3.05, 3.63) is 51.2 Å². The highest BCUT2D eigenvalue weighted by molar-refractivity contribution is 7.13. The van der Waals surface area contributed by atoms with Crippen molar-refractivity contribution < 1.29 is 4.79 Å². The van der Waals surface area contributed by atoms with Crippen LogP contribution in [0.1, 0.15) is 20.9 Å². The lowest BCUT2D eigenvalue weighted by molar-refractivity contribution is -0.114. The fourth-order valence-electron chi connectivity index (χ4n) is 2.36. The molecular weight excluding hydrogens is 256 g/mol. The Morgan fingerprint density at radius 1 is 1.16 bits per heavy atom. The molecule has 0 aliphatic carbocycles. The molecule has 1 aliphatic rings. The average Bonchev–Trinajstić information content (AvgIpc) is 2.60. The number of aliphatic imine (C=N–C) groups is 1. The van der Waals surface area contributed by atoms with E-state index < -0.39 is 0 Å². The van der Waals surface area contributed by atoms with Gasteiger partial charge >= 0.3 is 0 Å². The lowest BCUT2D eigenvalue weighted by atomic mass is 10.0. The number of thiophene rings is 1. The minimum atomic E-state index is -0.0481. The Bertz CT molecular complexity index is 671. The molecular formula is C15H14N2OS. The maximum Gasteiger partial charge on any atom is 0.246 e. The van der Waals surface area contributed by atoms with E-state index in [1.165, 1.54) is 4.88 Å². The second kappa shape index (κ2) is 4.63. The Hall–Kier alpha value is -1.94. The van der Waals surface area contributed by atoms with Crippen molar-refractivity contribution >= 4 is 28.6 Å². The van der Waals surface area contributed by atoms with Crippen LogP contribution in [-0.2, 0) is 4.79 Å². The molecule has 0 saturated carbocycles. The van der Waals surface area contributed by atoms with Gasteiger partial charge in [-0.15, -0.1) is 11.3 Å². The Morgan fingerprint density at radius 2 is 1.89 bits per heavy atom. The van der Waals surface area contributed by atoms with Crippen LogP contribution >= 0.6 is 11.3 Å². The predicted octanol–water partition coefficient (Wildman–Crippen LogP) is 3.15. The summed E-state index contributed by atoms with van der Waals surface area (Å²) < 4.78 is 0. The highest BCUT2D eigenvalue weighted by Gasteiger charge is 2.23. The average molecular weight is 270 g/mol. The van der Waals surface area contributed by atoms with Gasteiger partial charge in [-0.1, -0.05) is 30.3 Å². The van der Waals surface area contributed by atoms with Crippen molar-refractivity contribution in [1.29, 1.82) is 0 Å². The first-order valence-electron chi connectivity index (χ1n) is 6.17. The van der Waals surface area contributed by atoms with Gasteiger partial charge in [-0.25, -0.2) is 0 Å². The van der Waals surface area contributed by atoms with Crippen molar-refractivity contribution in [1.82, 2.24) is 0 Å². The summed E-state index contributed by atoms with van der Waals surface area (Å²) in [4.78, 5) is 18.6. The number of carbonyl (C=O) groups is 1. The van der Waals surface area contributed by atoms with E-state index in [0.717, 1.165) is 27.4 Å². The number of hydrogen-bond acceptors (Lipinski definition) is 3. The molecule has 0 spiro atoms. The van der Waals surface area contributed by atoms with Crippen LogP contribution < -0.4 is 5.32 Å². The smallest absolute Gasteiger partial charge is 0.246 e. The second-order valence-electron chi connectivity index (χ2n) is 4.54. The van der Waals surface area contributed by atoms with Gasteiger partial charge in [-0.3, -0.25) is 9.79 Å². The number of nitrogens with one attached hydrogen (secondary N) is 1. The van der Waals surface area contributed by atoms with Gasteiger partial charge in [0, 0.05) is 20.9 Å². The summed E-state index contributed by atoms with van der Waals surface area (Å²) in [6, 6.07) is 10.0. The molecule has 2 aromatic rings. The molecule has 3 nitrogen and oxygen atoms in total. The molecule has 1 N–H and O–H groups in total. The molecule has 19 heavy (non-hydrogen) atoms. The summed E-state index contributed by atoms with van der Waals surface area (Å²) in [5, 5.41) is 2.97. The highest BCUT2D eigenvalue weighted by Crippen LogP contribution is 2.35. The lowest BCUT2D eigenvalue weighted by Gasteiger charge is -2.07. The third-order valence-corrected chi connectivity index (χ3v) is 4.21. The first-order chi connectivity index (χ1) is 9.16. The number of benzene rings is 1. The van der Waals surface area contributed by atoms with Gasteiger partial charge in [0.2, 0.25) is 5.91 Å². The quantitative estimate of drug-likeness (QED) is 0.849. The number of anilines is 1. The van der Waals surface area contributed by atoms with Crippen LogP contribution in [0.2, 0.25) is 0 Å². The molecule has 0 fully saturated rings. The number of rotatable bonds is 1. The lowest BCUT2D eigenvalue weighted by Crippen LogP contribution is -2.13. The van der Waals surface area contributed by atoms with Gasteiger partial charge in [-0.05, 0) is 13.8 Å². The van der Waals surface area contributed by atoms with Gasteiger partial charge in [0.15, 0.2) is 0 Å². The molecule has 0 bridgehead atoms. The third kappa shape index (κ3) is 2.08. The van der Waals surface area contributed by atoms with E-state index in [4.69, 9.17) is 0 Å². The Kier molecular flexibility index (Phi) is 2.95. The van der Waals surface area contributed by atoms with Gasteiger partial charge < -0.3 is 5.32 Å². The Morgan fingerprint density at radius 3 is 2.63 bits per heavy atom. The monoisotopic (exact) mass is 270 g/mol. The summed E-state index contributed by atoms with van der Waals surface area (Å²) >= 11 is 1.70. The predicted molar refractivity (Wildman–Crippen MR) is 79.4 cm³/mol. The number of fused-ring (bicyclic) bond motifs is 1. The molecule has 0 unspecified atom stereocenters. The fraction of sp³-hybridized carbons (Fsp3) is 0.200. The first kappa shape index (κ1) is 12.1. The molecule has 1 aliphatic heterocycles. The summed E-state index contributed by atoms with van der Waals surface area (Å²) in [6.07, 6.45) is 0. The SMILES string of the molecule is Cc1sc(C)c2c1NC(=O)CN=C2c1ccccc1. The fourth-order valence-corrected chi connectivity index (χ4v) is 3.38. The maximum atomic E-state index is 11.8. The van der Waals surface area contributed by atoms with Crippen LogP contribution in [-0.4, -0.2) is 18.2 Å². The van der Waals surface area contributed by atoms with Crippen molar-refractivity contribution in [2.75, 3.05) is 11.9 Å².